The van der Waals surface area contributed by atoms with Crippen LogP contribution in [0.5, 0.6) is 0 Å². The van der Waals surface area contributed by atoms with Gasteiger partial charge in [-0.15, -0.1) is 0 Å². The number of benzene rings is 2. The molecular formula is C25H28N4O2S. The molecule has 1 fully saturated rings. The maximum Gasteiger partial charge on any atom is 0.236 e. The molecule has 5 rings (SSSR count). The first kappa shape index (κ1) is 21.4. The van der Waals surface area contributed by atoms with E-state index in [9.17, 15) is 4.79 Å². The summed E-state index contributed by atoms with van der Waals surface area (Å²) in [7, 11) is 0. The molecule has 0 aliphatic carbocycles. The van der Waals surface area contributed by atoms with Crippen LogP contribution in [0.3, 0.4) is 0 Å². The molecule has 2 aliphatic heterocycles. The van der Waals surface area contributed by atoms with Gasteiger partial charge >= 0.3 is 0 Å². The third kappa shape index (κ3) is 4.65. The summed E-state index contributed by atoms with van der Waals surface area (Å²) in [5.74, 6) is 0.974. The van der Waals surface area contributed by atoms with Crippen molar-refractivity contribution < 1.29 is 9.53 Å². The van der Waals surface area contributed by atoms with Crippen molar-refractivity contribution in [3.8, 4) is 0 Å². The quantitative estimate of drug-likeness (QED) is 0.440. The lowest BCUT2D eigenvalue weighted by Gasteiger charge is -2.30. The molecule has 6 nitrogen and oxygen atoms in total. The minimum atomic E-state index is -0.213. The standard InChI is InChI=1S/C25H28N4O2S/c1-18(25(30)29-11-10-19-6-2-3-7-20(19)16-29)32-24-21-8-4-5-9-22(21)26-23(27-24)17-28-12-14-31-15-13-28/h2-9,18H,10-17H2,1H3/t18-/m1/s1. The molecule has 0 N–H and O–H groups in total. The molecule has 3 aromatic rings. The second kappa shape index (κ2) is 9.57. The Hall–Kier alpha value is -2.48. The maximum atomic E-state index is 13.3. The molecule has 2 aromatic carbocycles. The van der Waals surface area contributed by atoms with Gasteiger partial charge in [0.2, 0.25) is 5.91 Å². The Labute approximate surface area is 193 Å². The zero-order valence-corrected chi connectivity index (χ0v) is 19.2. The summed E-state index contributed by atoms with van der Waals surface area (Å²) in [5.41, 5.74) is 3.54. The molecular weight excluding hydrogens is 420 g/mol. The van der Waals surface area contributed by atoms with Gasteiger partial charge in [0.15, 0.2) is 0 Å². The van der Waals surface area contributed by atoms with Crippen molar-refractivity contribution in [2.75, 3.05) is 32.8 Å². The van der Waals surface area contributed by atoms with Crippen molar-refractivity contribution in [1.82, 2.24) is 19.8 Å². The van der Waals surface area contributed by atoms with Crippen molar-refractivity contribution in [2.45, 2.75) is 36.7 Å². The highest BCUT2D eigenvalue weighted by Crippen LogP contribution is 2.31. The van der Waals surface area contributed by atoms with E-state index in [1.807, 2.05) is 42.2 Å². The molecule has 3 heterocycles. The molecule has 1 aromatic heterocycles. The van der Waals surface area contributed by atoms with E-state index in [1.165, 1.54) is 11.1 Å². The van der Waals surface area contributed by atoms with Crippen molar-refractivity contribution >= 4 is 28.6 Å². The minimum Gasteiger partial charge on any atom is -0.379 e. The van der Waals surface area contributed by atoms with Gasteiger partial charge in [-0.25, -0.2) is 9.97 Å². The van der Waals surface area contributed by atoms with Crippen molar-refractivity contribution in [2.24, 2.45) is 0 Å². The lowest BCUT2D eigenvalue weighted by Crippen LogP contribution is -2.40. The smallest absolute Gasteiger partial charge is 0.236 e. The molecule has 32 heavy (non-hydrogen) atoms. The van der Waals surface area contributed by atoms with Crippen LogP contribution in [0.15, 0.2) is 53.6 Å². The van der Waals surface area contributed by atoms with E-state index in [1.54, 1.807) is 11.8 Å². The average Bonchev–Trinajstić information content (AvgIpc) is 2.84. The van der Waals surface area contributed by atoms with Gasteiger partial charge in [-0.1, -0.05) is 54.2 Å². The first-order chi connectivity index (χ1) is 15.7. The number of morpholine rings is 1. The van der Waals surface area contributed by atoms with Crippen LogP contribution in [0, 0.1) is 0 Å². The second-order valence-electron chi connectivity index (χ2n) is 8.39. The molecule has 2 aliphatic rings. The fourth-order valence-corrected chi connectivity index (χ4v) is 5.41. The van der Waals surface area contributed by atoms with E-state index in [0.29, 0.717) is 13.1 Å². The summed E-state index contributed by atoms with van der Waals surface area (Å²) in [6.07, 6.45) is 0.916. The Morgan fingerprint density at radius 1 is 1.03 bits per heavy atom. The van der Waals surface area contributed by atoms with E-state index in [0.717, 1.165) is 61.0 Å². The Balaban J connectivity index is 1.35. The van der Waals surface area contributed by atoms with Gasteiger partial charge in [0, 0.05) is 31.6 Å². The Morgan fingerprint density at radius 3 is 2.62 bits per heavy atom. The molecule has 1 amide bonds. The van der Waals surface area contributed by atoms with Crippen LogP contribution in [0.25, 0.3) is 10.9 Å². The lowest BCUT2D eigenvalue weighted by atomic mass is 10.00. The van der Waals surface area contributed by atoms with Gasteiger partial charge in [0.05, 0.1) is 30.5 Å². The van der Waals surface area contributed by atoms with Crippen LogP contribution < -0.4 is 0 Å². The summed E-state index contributed by atoms with van der Waals surface area (Å²) < 4.78 is 5.46. The highest BCUT2D eigenvalue weighted by atomic mass is 32.2. The molecule has 0 radical (unpaired) electrons. The van der Waals surface area contributed by atoms with Crippen LogP contribution >= 0.6 is 11.8 Å². The second-order valence-corrected chi connectivity index (χ2v) is 9.72. The Morgan fingerprint density at radius 2 is 1.78 bits per heavy atom. The summed E-state index contributed by atoms with van der Waals surface area (Å²) >= 11 is 1.55. The molecule has 0 spiro atoms. The summed E-state index contributed by atoms with van der Waals surface area (Å²) in [6, 6.07) is 16.5. The van der Waals surface area contributed by atoms with E-state index < -0.39 is 0 Å². The third-order valence-electron chi connectivity index (χ3n) is 6.16. The number of carbonyl (C=O) groups excluding carboxylic acids is 1. The highest BCUT2D eigenvalue weighted by molar-refractivity contribution is 8.00. The highest BCUT2D eigenvalue weighted by Gasteiger charge is 2.26. The van der Waals surface area contributed by atoms with Gasteiger partial charge in [0.1, 0.15) is 10.9 Å². The normalized spacial score (nSPS) is 17.8. The molecule has 166 valence electrons. The average molecular weight is 449 g/mol. The van der Waals surface area contributed by atoms with Gasteiger partial charge in [-0.3, -0.25) is 9.69 Å². The first-order valence-corrected chi connectivity index (χ1v) is 12.1. The van der Waals surface area contributed by atoms with E-state index in [4.69, 9.17) is 14.7 Å². The zero-order valence-electron chi connectivity index (χ0n) is 18.4. The van der Waals surface area contributed by atoms with Crippen LogP contribution in [0.1, 0.15) is 23.9 Å². The van der Waals surface area contributed by atoms with E-state index >= 15 is 0 Å². The summed E-state index contributed by atoms with van der Waals surface area (Å²) in [4.78, 5) is 27.3. The predicted molar refractivity (Wildman–Crippen MR) is 127 cm³/mol. The Bertz CT molecular complexity index is 1120. The zero-order chi connectivity index (χ0) is 21.9. The fraction of sp³-hybridized carbons (Fsp3) is 0.400. The maximum absolute atomic E-state index is 13.3. The van der Waals surface area contributed by atoms with Crippen molar-refractivity contribution in [3.63, 3.8) is 0 Å². The SMILES string of the molecule is C[C@@H](Sc1nc(CN2CCOCC2)nc2ccccc12)C(=O)N1CCc2ccccc2C1. The number of fused-ring (bicyclic) bond motifs is 2. The fourth-order valence-electron chi connectivity index (χ4n) is 4.37. The topological polar surface area (TPSA) is 58.6 Å². The first-order valence-electron chi connectivity index (χ1n) is 11.3. The predicted octanol–water partition coefficient (Wildman–Crippen LogP) is 3.53. The summed E-state index contributed by atoms with van der Waals surface area (Å²) in [6.45, 7) is 7.44. The van der Waals surface area contributed by atoms with E-state index in [2.05, 4.69) is 23.1 Å². The van der Waals surface area contributed by atoms with Gasteiger partial charge in [-0.05, 0) is 30.5 Å². The molecule has 1 atom stereocenters. The lowest BCUT2D eigenvalue weighted by molar-refractivity contribution is -0.131. The van der Waals surface area contributed by atoms with Crippen LogP contribution in [0.4, 0.5) is 0 Å². The minimum absolute atomic E-state index is 0.168. The van der Waals surface area contributed by atoms with Crippen molar-refractivity contribution in [3.05, 3.63) is 65.5 Å². The van der Waals surface area contributed by atoms with Gasteiger partial charge < -0.3 is 9.64 Å². The van der Waals surface area contributed by atoms with Crippen LogP contribution in [0.2, 0.25) is 0 Å². The number of hydrogen-bond acceptors (Lipinski definition) is 6. The van der Waals surface area contributed by atoms with Gasteiger partial charge in [-0.2, -0.15) is 0 Å². The van der Waals surface area contributed by atoms with E-state index in [-0.39, 0.29) is 11.2 Å². The van der Waals surface area contributed by atoms with Crippen LogP contribution in [-0.2, 0) is 29.0 Å². The number of carbonyl (C=O) groups is 1. The number of rotatable bonds is 5. The number of nitrogens with zero attached hydrogens (tertiary/aromatic N) is 4. The molecule has 1 saturated heterocycles. The molecule has 7 heteroatoms. The largest absolute Gasteiger partial charge is 0.379 e. The molecule has 0 saturated carbocycles. The number of aromatic nitrogens is 2. The molecule has 0 bridgehead atoms. The van der Waals surface area contributed by atoms with Gasteiger partial charge in [0.25, 0.3) is 0 Å². The molecule has 0 unspecified atom stereocenters. The number of thioether (sulfide) groups is 1. The van der Waals surface area contributed by atoms with Crippen molar-refractivity contribution in [1.29, 1.82) is 0 Å². The Kier molecular flexibility index (Phi) is 6.39. The number of para-hydroxylation sites is 1. The van der Waals surface area contributed by atoms with Crippen LogP contribution in [-0.4, -0.2) is 63.8 Å². The third-order valence-corrected chi connectivity index (χ3v) is 7.25. The number of amides is 1. The number of hydrogen-bond donors (Lipinski definition) is 0. The monoisotopic (exact) mass is 448 g/mol. The number of ether oxygens (including phenoxy) is 1. The summed E-state index contributed by atoms with van der Waals surface area (Å²) in [5, 5.41) is 1.68.